The number of ether oxygens (including phenoxy) is 1. The molecular formula is C16H17N5O3. The minimum absolute atomic E-state index is 0.138. The van der Waals surface area contributed by atoms with Crippen LogP contribution in [0.2, 0.25) is 0 Å². The summed E-state index contributed by atoms with van der Waals surface area (Å²) in [4.78, 5) is 26.1. The predicted octanol–water partition coefficient (Wildman–Crippen LogP) is 0.675. The fourth-order valence-electron chi connectivity index (χ4n) is 2.30. The number of nitrogens with zero attached hydrogens (tertiary/aromatic N) is 3. The monoisotopic (exact) mass is 327 g/mol. The predicted molar refractivity (Wildman–Crippen MR) is 86.8 cm³/mol. The quantitative estimate of drug-likeness (QED) is 0.693. The van der Waals surface area contributed by atoms with Gasteiger partial charge in [0.05, 0.1) is 19.6 Å². The van der Waals surface area contributed by atoms with Crippen LogP contribution in [0.15, 0.2) is 41.5 Å². The van der Waals surface area contributed by atoms with Gasteiger partial charge in [0.2, 0.25) is 11.6 Å². The minimum Gasteiger partial charge on any atom is -0.494 e. The molecule has 0 fully saturated rings. The van der Waals surface area contributed by atoms with Crippen molar-refractivity contribution in [2.45, 2.75) is 19.9 Å². The van der Waals surface area contributed by atoms with Crippen molar-refractivity contribution in [2.24, 2.45) is 0 Å². The molecule has 0 saturated carbocycles. The van der Waals surface area contributed by atoms with Crippen LogP contribution in [-0.2, 0) is 17.8 Å². The molecule has 24 heavy (non-hydrogen) atoms. The highest BCUT2D eigenvalue weighted by Crippen LogP contribution is 2.12. The van der Waals surface area contributed by atoms with Gasteiger partial charge < -0.3 is 15.0 Å². The van der Waals surface area contributed by atoms with E-state index in [4.69, 9.17) is 4.74 Å². The second kappa shape index (κ2) is 6.95. The van der Waals surface area contributed by atoms with E-state index in [0.717, 1.165) is 11.3 Å². The van der Waals surface area contributed by atoms with Gasteiger partial charge in [0.15, 0.2) is 5.82 Å². The standard InChI is InChI=1S/C16H17N5O3/c1-2-24-12-5-3-11(4-6-12)9-14(22)18-10-13-19-20-15-16(23)17-7-8-21(13)15/h3-8H,2,9-10H2,1H3,(H,17,23)(H,18,22). The first-order valence-electron chi connectivity index (χ1n) is 7.57. The number of aromatic amines is 1. The Labute approximate surface area is 137 Å². The Kier molecular flexibility index (Phi) is 4.55. The summed E-state index contributed by atoms with van der Waals surface area (Å²) in [5, 5.41) is 10.5. The van der Waals surface area contributed by atoms with Crippen LogP contribution in [0.3, 0.4) is 0 Å². The highest BCUT2D eigenvalue weighted by Gasteiger charge is 2.10. The fourth-order valence-corrected chi connectivity index (χ4v) is 2.30. The van der Waals surface area contributed by atoms with Gasteiger partial charge in [-0.25, -0.2) is 0 Å². The highest BCUT2D eigenvalue weighted by atomic mass is 16.5. The van der Waals surface area contributed by atoms with Crippen molar-refractivity contribution in [3.05, 3.63) is 58.4 Å². The van der Waals surface area contributed by atoms with Crippen LogP contribution in [0.5, 0.6) is 5.75 Å². The van der Waals surface area contributed by atoms with E-state index in [0.29, 0.717) is 12.4 Å². The summed E-state index contributed by atoms with van der Waals surface area (Å²) in [5.74, 6) is 1.14. The minimum atomic E-state index is -0.322. The van der Waals surface area contributed by atoms with E-state index in [2.05, 4.69) is 20.5 Å². The number of benzene rings is 1. The van der Waals surface area contributed by atoms with E-state index >= 15 is 0 Å². The number of hydrogen-bond acceptors (Lipinski definition) is 5. The zero-order chi connectivity index (χ0) is 16.9. The lowest BCUT2D eigenvalue weighted by atomic mass is 10.1. The number of amides is 1. The molecule has 1 aromatic carbocycles. The number of carbonyl (C=O) groups is 1. The van der Waals surface area contributed by atoms with E-state index in [1.54, 1.807) is 10.6 Å². The zero-order valence-corrected chi connectivity index (χ0v) is 13.2. The molecule has 2 N–H and O–H groups in total. The fraction of sp³-hybridized carbons (Fsp3) is 0.250. The summed E-state index contributed by atoms with van der Waals surface area (Å²) in [7, 11) is 0. The molecule has 0 aliphatic rings. The van der Waals surface area contributed by atoms with Crippen LogP contribution < -0.4 is 15.6 Å². The molecule has 2 heterocycles. The van der Waals surface area contributed by atoms with Gasteiger partial charge in [-0.3, -0.25) is 14.0 Å². The summed E-state index contributed by atoms with van der Waals surface area (Å²) in [6, 6.07) is 7.39. The van der Waals surface area contributed by atoms with Gasteiger partial charge >= 0.3 is 0 Å². The smallest absolute Gasteiger partial charge is 0.293 e. The van der Waals surface area contributed by atoms with Crippen LogP contribution in [-0.4, -0.2) is 32.1 Å². The first-order chi connectivity index (χ1) is 11.7. The normalized spacial score (nSPS) is 10.7. The van der Waals surface area contributed by atoms with Crippen LogP contribution in [0.4, 0.5) is 0 Å². The highest BCUT2D eigenvalue weighted by molar-refractivity contribution is 5.78. The number of fused-ring (bicyclic) bond motifs is 1. The summed E-state index contributed by atoms with van der Waals surface area (Å²) in [5.41, 5.74) is 0.767. The Morgan fingerprint density at radius 2 is 2.08 bits per heavy atom. The van der Waals surface area contributed by atoms with E-state index in [1.807, 2.05) is 31.2 Å². The van der Waals surface area contributed by atoms with E-state index in [1.165, 1.54) is 6.20 Å². The third-order valence-electron chi connectivity index (χ3n) is 3.45. The number of nitrogens with one attached hydrogen (secondary N) is 2. The van der Waals surface area contributed by atoms with Crippen molar-refractivity contribution in [2.75, 3.05) is 6.61 Å². The number of carbonyl (C=O) groups excluding carboxylic acids is 1. The third kappa shape index (κ3) is 3.43. The van der Waals surface area contributed by atoms with E-state index in [-0.39, 0.29) is 30.1 Å². The van der Waals surface area contributed by atoms with Gasteiger partial charge in [-0.1, -0.05) is 12.1 Å². The first-order valence-corrected chi connectivity index (χ1v) is 7.57. The van der Waals surface area contributed by atoms with Gasteiger partial charge in [-0.2, -0.15) is 0 Å². The average molecular weight is 327 g/mol. The SMILES string of the molecule is CCOc1ccc(CC(=O)NCc2nnc3c(=O)[nH]ccn23)cc1. The summed E-state index contributed by atoms with van der Waals surface area (Å²) in [6.45, 7) is 2.72. The molecule has 0 aliphatic heterocycles. The summed E-state index contributed by atoms with van der Waals surface area (Å²) < 4.78 is 6.92. The molecule has 3 rings (SSSR count). The second-order valence-corrected chi connectivity index (χ2v) is 5.13. The number of hydrogen-bond donors (Lipinski definition) is 2. The molecule has 0 radical (unpaired) electrons. The molecule has 0 saturated heterocycles. The van der Waals surface area contributed by atoms with Crippen LogP contribution in [0.25, 0.3) is 5.65 Å². The Morgan fingerprint density at radius 3 is 2.83 bits per heavy atom. The maximum Gasteiger partial charge on any atom is 0.293 e. The maximum atomic E-state index is 12.1. The lowest BCUT2D eigenvalue weighted by Gasteiger charge is -2.06. The Morgan fingerprint density at radius 1 is 1.29 bits per heavy atom. The van der Waals surface area contributed by atoms with Crippen LogP contribution in [0, 0.1) is 0 Å². The molecule has 8 nitrogen and oxygen atoms in total. The van der Waals surface area contributed by atoms with Crippen molar-refractivity contribution in [1.82, 2.24) is 24.9 Å². The lowest BCUT2D eigenvalue weighted by molar-refractivity contribution is -0.120. The largest absolute Gasteiger partial charge is 0.494 e. The lowest BCUT2D eigenvalue weighted by Crippen LogP contribution is -2.25. The Hall–Kier alpha value is -3.16. The van der Waals surface area contributed by atoms with E-state index in [9.17, 15) is 9.59 Å². The molecule has 0 bridgehead atoms. The molecule has 8 heteroatoms. The third-order valence-corrected chi connectivity index (χ3v) is 3.45. The van der Waals surface area contributed by atoms with Crippen molar-refractivity contribution in [3.63, 3.8) is 0 Å². The Bertz CT molecular complexity index is 898. The molecule has 0 atom stereocenters. The molecule has 1 amide bonds. The molecule has 0 spiro atoms. The number of H-pyrrole nitrogens is 1. The second-order valence-electron chi connectivity index (χ2n) is 5.13. The van der Waals surface area contributed by atoms with Gasteiger partial charge in [-0.15, -0.1) is 10.2 Å². The topological polar surface area (TPSA) is 101 Å². The maximum absolute atomic E-state index is 12.1. The first kappa shape index (κ1) is 15.7. The molecule has 124 valence electrons. The number of rotatable bonds is 6. The van der Waals surface area contributed by atoms with Gasteiger partial charge in [-0.05, 0) is 24.6 Å². The van der Waals surface area contributed by atoms with Crippen molar-refractivity contribution in [1.29, 1.82) is 0 Å². The van der Waals surface area contributed by atoms with Crippen molar-refractivity contribution in [3.8, 4) is 5.75 Å². The van der Waals surface area contributed by atoms with Gasteiger partial charge in [0, 0.05) is 12.4 Å². The van der Waals surface area contributed by atoms with E-state index < -0.39 is 0 Å². The molecular weight excluding hydrogens is 310 g/mol. The van der Waals surface area contributed by atoms with Crippen molar-refractivity contribution < 1.29 is 9.53 Å². The summed E-state index contributed by atoms with van der Waals surface area (Å²) >= 11 is 0. The van der Waals surface area contributed by atoms with Crippen LogP contribution >= 0.6 is 0 Å². The molecule has 0 aliphatic carbocycles. The Balaban J connectivity index is 1.60. The van der Waals surface area contributed by atoms with Crippen molar-refractivity contribution >= 4 is 11.6 Å². The molecule has 3 aromatic rings. The van der Waals surface area contributed by atoms with Crippen LogP contribution in [0.1, 0.15) is 18.3 Å². The number of aromatic nitrogens is 4. The molecule has 2 aromatic heterocycles. The average Bonchev–Trinajstić information content (AvgIpc) is 3.00. The summed E-state index contributed by atoms with van der Waals surface area (Å²) in [6.07, 6.45) is 3.40. The van der Waals surface area contributed by atoms with Gasteiger partial charge in [0.1, 0.15) is 5.75 Å². The van der Waals surface area contributed by atoms with Gasteiger partial charge in [0.25, 0.3) is 5.56 Å². The molecule has 0 unspecified atom stereocenters. The zero-order valence-electron chi connectivity index (χ0n) is 13.2.